The van der Waals surface area contributed by atoms with Crippen molar-refractivity contribution < 1.29 is 28.6 Å². The molecule has 8 nitrogen and oxygen atoms in total. The minimum atomic E-state index is -0.370. The molecule has 1 atom stereocenters. The number of methoxy groups -OCH3 is 3. The van der Waals surface area contributed by atoms with Crippen LogP contribution in [0.3, 0.4) is 0 Å². The number of carbonyl (C=O) groups excluding carboxylic acids is 3. The molecule has 3 amide bonds. The van der Waals surface area contributed by atoms with Gasteiger partial charge >= 0.3 is 0 Å². The zero-order valence-corrected chi connectivity index (χ0v) is 17.4. The molecule has 0 bridgehead atoms. The Morgan fingerprint density at radius 2 is 1.57 bits per heavy atom. The first kappa shape index (κ1) is 21.2. The summed E-state index contributed by atoms with van der Waals surface area (Å²) in [5.41, 5.74) is 1.51. The van der Waals surface area contributed by atoms with Crippen LogP contribution in [-0.2, 0) is 9.59 Å². The quantitative estimate of drug-likeness (QED) is 0.703. The molecule has 1 unspecified atom stereocenters. The third-order valence-corrected chi connectivity index (χ3v) is 4.95. The number of imide groups is 1. The normalized spacial score (nSPS) is 14.5. The van der Waals surface area contributed by atoms with E-state index in [1.54, 1.807) is 36.4 Å². The molecule has 0 aromatic heterocycles. The molecule has 1 heterocycles. The molecular formula is C22H24N2O6. The van der Waals surface area contributed by atoms with Gasteiger partial charge in [-0.25, -0.2) is 0 Å². The lowest BCUT2D eigenvalue weighted by Gasteiger charge is -2.19. The maximum absolute atomic E-state index is 12.8. The Morgan fingerprint density at radius 1 is 0.967 bits per heavy atom. The van der Waals surface area contributed by atoms with E-state index in [4.69, 9.17) is 14.2 Å². The summed E-state index contributed by atoms with van der Waals surface area (Å²) in [5.74, 6) is 0.584. The zero-order chi connectivity index (χ0) is 21.8. The van der Waals surface area contributed by atoms with E-state index in [9.17, 15) is 14.4 Å². The second-order valence-electron chi connectivity index (χ2n) is 6.83. The highest BCUT2D eigenvalue weighted by Crippen LogP contribution is 2.39. The number of nitrogens with zero attached hydrogens (tertiary/aromatic N) is 1. The monoisotopic (exact) mass is 412 g/mol. The molecule has 2 aromatic rings. The lowest BCUT2D eigenvalue weighted by molar-refractivity contribution is -0.121. The fraction of sp³-hybridized carbons (Fsp3) is 0.318. The Morgan fingerprint density at radius 3 is 2.10 bits per heavy atom. The molecular weight excluding hydrogens is 388 g/mol. The zero-order valence-electron chi connectivity index (χ0n) is 17.4. The number of rotatable bonds is 7. The van der Waals surface area contributed by atoms with Crippen molar-refractivity contribution in [2.24, 2.45) is 0 Å². The fourth-order valence-corrected chi connectivity index (χ4v) is 3.37. The van der Waals surface area contributed by atoms with Gasteiger partial charge in [-0.3, -0.25) is 19.3 Å². The summed E-state index contributed by atoms with van der Waals surface area (Å²) in [5, 5.41) is 2.91. The number of ether oxygens (including phenoxy) is 3. The van der Waals surface area contributed by atoms with Crippen molar-refractivity contribution in [3.63, 3.8) is 0 Å². The molecule has 1 saturated heterocycles. The minimum absolute atomic E-state index is 0.188. The smallest absolute Gasteiger partial charge is 0.251 e. The maximum Gasteiger partial charge on any atom is 0.251 e. The largest absolute Gasteiger partial charge is 0.493 e. The summed E-state index contributed by atoms with van der Waals surface area (Å²) in [4.78, 5) is 37.9. The van der Waals surface area contributed by atoms with Gasteiger partial charge in [0.25, 0.3) is 5.91 Å². The molecule has 8 heteroatoms. The van der Waals surface area contributed by atoms with E-state index in [-0.39, 0.29) is 36.6 Å². The molecule has 1 aliphatic heterocycles. The van der Waals surface area contributed by atoms with Gasteiger partial charge in [0.15, 0.2) is 11.5 Å². The molecule has 2 aromatic carbocycles. The Hall–Kier alpha value is -3.55. The maximum atomic E-state index is 12.8. The Balaban J connectivity index is 1.82. The van der Waals surface area contributed by atoms with Crippen LogP contribution in [0.25, 0.3) is 0 Å². The van der Waals surface area contributed by atoms with E-state index in [0.717, 1.165) is 10.5 Å². The van der Waals surface area contributed by atoms with Crippen LogP contribution in [0.5, 0.6) is 17.2 Å². The van der Waals surface area contributed by atoms with Crippen LogP contribution in [0.15, 0.2) is 36.4 Å². The minimum Gasteiger partial charge on any atom is -0.493 e. The highest BCUT2D eigenvalue weighted by molar-refractivity contribution is 6.20. The molecule has 0 spiro atoms. The van der Waals surface area contributed by atoms with Crippen molar-refractivity contribution in [2.45, 2.75) is 25.8 Å². The van der Waals surface area contributed by atoms with Gasteiger partial charge in [0.1, 0.15) is 0 Å². The van der Waals surface area contributed by atoms with Gasteiger partial charge in [-0.05, 0) is 42.8 Å². The number of hydrogen-bond acceptors (Lipinski definition) is 6. The van der Waals surface area contributed by atoms with E-state index in [1.165, 1.54) is 21.3 Å². The standard InChI is InChI=1S/C22H24N2O6/c1-13(15-11-17(28-2)21(30-4)18(12-15)29-3)23-22(27)14-6-5-7-16(10-14)24-19(25)8-9-20(24)26/h5-7,10-13H,8-9H2,1-4H3,(H,23,27). The number of nitrogens with one attached hydrogen (secondary N) is 1. The highest BCUT2D eigenvalue weighted by Gasteiger charge is 2.30. The van der Waals surface area contributed by atoms with E-state index in [1.807, 2.05) is 6.92 Å². The lowest BCUT2D eigenvalue weighted by Crippen LogP contribution is -2.30. The van der Waals surface area contributed by atoms with Gasteiger partial charge in [0.05, 0.1) is 33.1 Å². The molecule has 1 fully saturated rings. The predicted molar refractivity (Wildman–Crippen MR) is 110 cm³/mol. The Kier molecular flexibility index (Phi) is 6.25. The number of hydrogen-bond donors (Lipinski definition) is 1. The topological polar surface area (TPSA) is 94.2 Å². The van der Waals surface area contributed by atoms with Gasteiger partial charge < -0.3 is 19.5 Å². The van der Waals surface area contributed by atoms with E-state index < -0.39 is 0 Å². The van der Waals surface area contributed by atoms with Crippen molar-refractivity contribution >= 4 is 23.4 Å². The van der Waals surface area contributed by atoms with E-state index >= 15 is 0 Å². The third kappa shape index (κ3) is 4.07. The van der Waals surface area contributed by atoms with Crippen LogP contribution in [-0.4, -0.2) is 39.1 Å². The molecule has 1 aliphatic rings. The first-order chi connectivity index (χ1) is 14.4. The molecule has 0 aliphatic carbocycles. The molecule has 30 heavy (non-hydrogen) atoms. The molecule has 0 radical (unpaired) electrons. The summed E-state index contributed by atoms with van der Waals surface area (Å²) in [6, 6.07) is 9.62. The summed E-state index contributed by atoms with van der Waals surface area (Å²) < 4.78 is 16.1. The first-order valence-corrected chi connectivity index (χ1v) is 9.46. The van der Waals surface area contributed by atoms with Crippen LogP contribution < -0.4 is 24.4 Å². The van der Waals surface area contributed by atoms with Crippen molar-refractivity contribution in [1.82, 2.24) is 5.32 Å². The van der Waals surface area contributed by atoms with Crippen LogP contribution >= 0.6 is 0 Å². The van der Waals surface area contributed by atoms with Gasteiger partial charge in [-0.15, -0.1) is 0 Å². The van der Waals surface area contributed by atoms with E-state index in [0.29, 0.717) is 28.5 Å². The molecule has 0 saturated carbocycles. The predicted octanol–water partition coefficient (Wildman–Crippen LogP) is 2.86. The summed E-state index contributed by atoms with van der Waals surface area (Å²) in [7, 11) is 4.57. The van der Waals surface area contributed by atoms with Crippen molar-refractivity contribution in [3.8, 4) is 17.2 Å². The van der Waals surface area contributed by atoms with Gasteiger partial charge in [-0.2, -0.15) is 0 Å². The van der Waals surface area contributed by atoms with Crippen LogP contribution in [0.2, 0.25) is 0 Å². The average molecular weight is 412 g/mol. The van der Waals surface area contributed by atoms with E-state index in [2.05, 4.69) is 5.32 Å². The summed E-state index contributed by atoms with van der Waals surface area (Å²) in [6.45, 7) is 1.83. The lowest BCUT2D eigenvalue weighted by atomic mass is 10.1. The third-order valence-electron chi connectivity index (χ3n) is 4.95. The Labute approximate surface area is 174 Å². The second kappa shape index (κ2) is 8.86. The SMILES string of the molecule is COc1cc(C(C)NC(=O)c2cccc(N3C(=O)CCC3=O)c2)cc(OC)c1OC. The summed E-state index contributed by atoms with van der Waals surface area (Å²) >= 11 is 0. The summed E-state index contributed by atoms with van der Waals surface area (Å²) in [6.07, 6.45) is 0.376. The first-order valence-electron chi connectivity index (χ1n) is 9.46. The average Bonchev–Trinajstić information content (AvgIpc) is 3.10. The highest BCUT2D eigenvalue weighted by atomic mass is 16.5. The van der Waals surface area contributed by atoms with Crippen LogP contribution in [0, 0.1) is 0 Å². The second-order valence-corrected chi connectivity index (χ2v) is 6.83. The number of anilines is 1. The number of benzene rings is 2. The van der Waals surface area contributed by atoms with Gasteiger partial charge in [-0.1, -0.05) is 6.07 Å². The van der Waals surface area contributed by atoms with Crippen molar-refractivity contribution in [2.75, 3.05) is 26.2 Å². The number of carbonyl (C=O) groups is 3. The van der Waals surface area contributed by atoms with Crippen molar-refractivity contribution in [1.29, 1.82) is 0 Å². The molecule has 158 valence electrons. The Bertz CT molecular complexity index is 946. The number of amides is 3. The van der Waals surface area contributed by atoms with Gasteiger partial charge in [0, 0.05) is 18.4 Å². The van der Waals surface area contributed by atoms with Crippen LogP contribution in [0.1, 0.15) is 41.7 Å². The van der Waals surface area contributed by atoms with Gasteiger partial charge in [0.2, 0.25) is 17.6 Å². The molecule has 1 N–H and O–H groups in total. The molecule has 3 rings (SSSR count). The fourth-order valence-electron chi connectivity index (χ4n) is 3.37. The van der Waals surface area contributed by atoms with Crippen LogP contribution in [0.4, 0.5) is 5.69 Å². The van der Waals surface area contributed by atoms with Crippen molar-refractivity contribution in [3.05, 3.63) is 47.5 Å².